The lowest BCUT2D eigenvalue weighted by Gasteiger charge is -2.15. The molecule has 0 radical (unpaired) electrons. The summed E-state index contributed by atoms with van der Waals surface area (Å²) in [5, 5.41) is 6.72. The molecule has 2 N–H and O–H groups in total. The van der Waals surface area contributed by atoms with Crippen molar-refractivity contribution in [2.75, 3.05) is 18.5 Å². The lowest BCUT2D eigenvalue weighted by Crippen LogP contribution is -2.27. The minimum atomic E-state index is -0.251. The summed E-state index contributed by atoms with van der Waals surface area (Å²) in [7, 11) is 0. The molecule has 0 heterocycles. The number of halogens is 1. The van der Waals surface area contributed by atoms with Gasteiger partial charge in [0, 0.05) is 18.3 Å². The molecule has 0 unspecified atom stereocenters. The summed E-state index contributed by atoms with van der Waals surface area (Å²) < 4.78 is 24.4. The maximum absolute atomic E-state index is 12.9. The van der Waals surface area contributed by atoms with Gasteiger partial charge in [0.1, 0.15) is 5.82 Å². The highest BCUT2D eigenvalue weighted by Crippen LogP contribution is 2.31. The van der Waals surface area contributed by atoms with Crippen LogP contribution in [-0.4, -0.2) is 18.3 Å². The molecular weight excluding hydrogens is 351 g/mol. The highest BCUT2D eigenvalue weighted by atomic mass is 32.1. The van der Waals surface area contributed by atoms with Crippen molar-refractivity contribution in [1.82, 2.24) is 5.32 Å². The molecule has 0 amide bonds. The van der Waals surface area contributed by atoms with Crippen LogP contribution in [0.5, 0.6) is 11.5 Å². The highest BCUT2D eigenvalue weighted by molar-refractivity contribution is 7.80. The third-order valence-electron chi connectivity index (χ3n) is 3.49. The first-order valence-corrected chi connectivity index (χ1v) is 9.22. The van der Waals surface area contributed by atoms with E-state index < -0.39 is 0 Å². The largest absolute Gasteiger partial charge is 0.490 e. The summed E-state index contributed by atoms with van der Waals surface area (Å²) in [6.45, 7) is 5.91. The number of thiocarbonyl (C=S) groups is 1. The van der Waals surface area contributed by atoms with Gasteiger partial charge in [0.2, 0.25) is 0 Å². The van der Waals surface area contributed by atoms with Gasteiger partial charge in [0.15, 0.2) is 16.6 Å². The van der Waals surface area contributed by atoms with E-state index in [0.717, 1.165) is 29.8 Å². The SMILES string of the molecule is CCCOc1ccc(NC(=S)NCc2ccc(F)cc2)cc1OCCC. The number of hydrogen-bond acceptors (Lipinski definition) is 3. The first-order valence-electron chi connectivity index (χ1n) is 8.81. The van der Waals surface area contributed by atoms with Gasteiger partial charge in [-0.05, 0) is 54.9 Å². The van der Waals surface area contributed by atoms with Crippen molar-refractivity contribution in [3.63, 3.8) is 0 Å². The molecule has 0 spiro atoms. The molecular formula is C20H25FN2O2S. The smallest absolute Gasteiger partial charge is 0.171 e. The summed E-state index contributed by atoms with van der Waals surface area (Å²) in [6.07, 6.45) is 1.85. The summed E-state index contributed by atoms with van der Waals surface area (Å²) in [6, 6.07) is 12.0. The number of benzene rings is 2. The standard InChI is InChI=1S/C20H25FN2O2S/c1-3-11-24-18-10-9-17(13-19(18)25-12-4-2)23-20(26)22-14-15-5-7-16(21)8-6-15/h5-10,13H,3-4,11-12,14H2,1-2H3,(H2,22,23,26). The number of anilines is 1. The topological polar surface area (TPSA) is 42.5 Å². The maximum atomic E-state index is 12.9. The zero-order valence-corrected chi connectivity index (χ0v) is 16.0. The van der Waals surface area contributed by atoms with Gasteiger partial charge in [-0.3, -0.25) is 0 Å². The monoisotopic (exact) mass is 376 g/mol. The van der Waals surface area contributed by atoms with Crippen molar-refractivity contribution < 1.29 is 13.9 Å². The van der Waals surface area contributed by atoms with Gasteiger partial charge in [0.25, 0.3) is 0 Å². The van der Waals surface area contributed by atoms with Crippen LogP contribution < -0.4 is 20.1 Å². The number of hydrogen-bond donors (Lipinski definition) is 2. The highest BCUT2D eigenvalue weighted by Gasteiger charge is 2.08. The number of rotatable bonds is 9. The van der Waals surface area contributed by atoms with Gasteiger partial charge in [-0.25, -0.2) is 4.39 Å². The number of ether oxygens (including phenoxy) is 2. The Kier molecular flexibility index (Phi) is 8.15. The van der Waals surface area contributed by atoms with Crippen LogP contribution in [0.25, 0.3) is 0 Å². The molecule has 6 heteroatoms. The van der Waals surface area contributed by atoms with Crippen molar-refractivity contribution >= 4 is 23.0 Å². The van der Waals surface area contributed by atoms with Crippen LogP contribution in [-0.2, 0) is 6.54 Å². The molecule has 0 saturated carbocycles. The van der Waals surface area contributed by atoms with Gasteiger partial charge in [-0.15, -0.1) is 0 Å². The molecule has 0 fully saturated rings. The van der Waals surface area contributed by atoms with Crippen LogP contribution in [0.4, 0.5) is 10.1 Å². The Morgan fingerprint density at radius 1 is 0.962 bits per heavy atom. The van der Waals surface area contributed by atoms with Crippen LogP contribution in [0.15, 0.2) is 42.5 Å². The Bertz CT molecular complexity index is 707. The van der Waals surface area contributed by atoms with E-state index >= 15 is 0 Å². The first kappa shape index (κ1) is 20.0. The Balaban J connectivity index is 1.96. The third kappa shape index (κ3) is 6.52. The molecule has 0 aromatic heterocycles. The fraction of sp³-hybridized carbons (Fsp3) is 0.350. The van der Waals surface area contributed by atoms with Crippen LogP contribution in [0, 0.1) is 5.82 Å². The Morgan fingerprint density at radius 3 is 2.27 bits per heavy atom. The molecule has 4 nitrogen and oxygen atoms in total. The van der Waals surface area contributed by atoms with Gasteiger partial charge in [-0.1, -0.05) is 26.0 Å². The summed E-state index contributed by atoms with van der Waals surface area (Å²) >= 11 is 5.33. The molecule has 2 aromatic carbocycles. The Labute approximate surface area is 159 Å². The van der Waals surface area contributed by atoms with E-state index in [1.165, 1.54) is 12.1 Å². The molecule has 26 heavy (non-hydrogen) atoms. The van der Waals surface area contributed by atoms with E-state index in [1.807, 2.05) is 18.2 Å². The molecule has 0 bridgehead atoms. The van der Waals surface area contributed by atoms with Crippen molar-refractivity contribution in [3.05, 3.63) is 53.8 Å². The fourth-order valence-electron chi connectivity index (χ4n) is 2.20. The van der Waals surface area contributed by atoms with Gasteiger partial charge in [-0.2, -0.15) is 0 Å². The molecule has 0 saturated heterocycles. The average molecular weight is 376 g/mol. The van der Waals surface area contributed by atoms with E-state index in [2.05, 4.69) is 24.5 Å². The second-order valence-electron chi connectivity index (χ2n) is 5.79. The van der Waals surface area contributed by atoms with Crippen LogP contribution in [0.2, 0.25) is 0 Å². The van der Waals surface area contributed by atoms with Gasteiger partial charge in [0.05, 0.1) is 13.2 Å². The molecule has 0 aliphatic heterocycles. The van der Waals surface area contributed by atoms with Gasteiger partial charge >= 0.3 is 0 Å². The van der Waals surface area contributed by atoms with Crippen LogP contribution in [0.1, 0.15) is 32.3 Å². The average Bonchev–Trinajstić information content (AvgIpc) is 2.65. The zero-order valence-electron chi connectivity index (χ0n) is 15.2. The summed E-state index contributed by atoms with van der Waals surface area (Å²) in [4.78, 5) is 0. The Hall–Kier alpha value is -2.34. The van der Waals surface area contributed by atoms with Crippen molar-refractivity contribution in [3.8, 4) is 11.5 Å². The lowest BCUT2D eigenvalue weighted by atomic mass is 10.2. The minimum absolute atomic E-state index is 0.251. The van der Waals surface area contributed by atoms with E-state index in [1.54, 1.807) is 12.1 Å². The van der Waals surface area contributed by atoms with Gasteiger partial charge < -0.3 is 20.1 Å². The maximum Gasteiger partial charge on any atom is 0.171 e. The summed E-state index contributed by atoms with van der Waals surface area (Å²) in [5.74, 6) is 1.18. The number of nitrogens with one attached hydrogen (secondary N) is 2. The van der Waals surface area contributed by atoms with Crippen LogP contribution >= 0.6 is 12.2 Å². The zero-order chi connectivity index (χ0) is 18.8. The molecule has 2 aromatic rings. The molecule has 0 aliphatic rings. The Morgan fingerprint density at radius 2 is 1.62 bits per heavy atom. The van der Waals surface area contributed by atoms with Crippen molar-refractivity contribution in [2.45, 2.75) is 33.2 Å². The van der Waals surface area contributed by atoms with Crippen molar-refractivity contribution in [2.24, 2.45) is 0 Å². The fourth-order valence-corrected chi connectivity index (χ4v) is 2.39. The van der Waals surface area contributed by atoms with Crippen molar-refractivity contribution in [1.29, 1.82) is 0 Å². The summed E-state index contributed by atoms with van der Waals surface area (Å²) in [5.41, 5.74) is 1.77. The lowest BCUT2D eigenvalue weighted by molar-refractivity contribution is 0.268. The van der Waals surface area contributed by atoms with E-state index in [4.69, 9.17) is 21.7 Å². The second-order valence-corrected chi connectivity index (χ2v) is 6.20. The quantitative estimate of drug-likeness (QED) is 0.610. The molecule has 140 valence electrons. The van der Waals surface area contributed by atoms with E-state index in [9.17, 15) is 4.39 Å². The third-order valence-corrected chi connectivity index (χ3v) is 3.74. The molecule has 0 atom stereocenters. The van der Waals surface area contributed by atoms with Crippen LogP contribution in [0.3, 0.4) is 0 Å². The predicted octanol–water partition coefficient (Wildman–Crippen LogP) is 4.89. The normalized spacial score (nSPS) is 10.3. The predicted molar refractivity (Wildman–Crippen MR) is 107 cm³/mol. The van der Waals surface area contributed by atoms with E-state index in [0.29, 0.717) is 30.6 Å². The second kappa shape index (κ2) is 10.6. The molecule has 2 rings (SSSR count). The first-order chi connectivity index (χ1) is 12.6. The van der Waals surface area contributed by atoms with E-state index in [-0.39, 0.29) is 5.82 Å². The molecule has 0 aliphatic carbocycles. The minimum Gasteiger partial charge on any atom is -0.490 e.